The van der Waals surface area contributed by atoms with Crippen LogP contribution in [0.15, 0.2) is 71.5 Å². The van der Waals surface area contributed by atoms with Gasteiger partial charge in [-0.3, -0.25) is 14.6 Å². The highest BCUT2D eigenvalue weighted by Crippen LogP contribution is 2.31. The summed E-state index contributed by atoms with van der Waals surface area (Å²) in [5.41, 5.74) is 3.63. The van der Waals surface area contributed by atoms with Crippen molar-refractivity contribution in [3.8, 4) is 5.75 Å². The Kier molecular flexibility index (Phi) is 8.17. The van der Waals surface area contributed by atoms with Crippen molar-refractivity contribution in [2.45, 2.75) is 45.3 Å². The van der Waals surface area contributed by atoms with E-state index in [2.05, 4.69) is 30.6 Å². The first-order valence-corrected chi connectivity index (χ1v) is 12.5. The molecule has 4 nitrogen and oxygen atoms in total. The highest BCUT2D eigenvalue weighted by atomic mass is 19.1. The molecular weight excluding hydrogens is 458 g/mol. The van der Waals surface area contributed by atoms with E-state index < -0.39 is 0 Å². The lowest BCUT2D eigenvalue weighted by Gasteiger charge is -2.43. The quantitative estimate of drug-likeness (QED) is 0.420. The van der Waals surface area contributed by atoms with Gasteiger partial charge < -0.3 is 4.74 Å². The average molecular weight is 493 g/mol. The van der Waals surface area contributed by atoms with Crippen LogP contribution in [0.25, 0.3) is 0 Å². The molecule has 0 radical (unpaired) electrons. The van der Waals surface area contributed by atoms with Gasteiger partial charge in [0.05, 0.1) is 13.2 Å². The maximum Gasteiger partial charge on any atom is 0.224 e. The molecular formula is C30H34F2N2O2. The van der Waals surface area contributed by atoms with Crippen molar-refractivity contribution in [1.29, 1.82) is 0 Å². The van der Waals surface area contributed by atoms with Crippen molar-refractivity contribution in [2.24, 2.45) is 0 Å². The van der Waals surface area contributed by atoms with Gasteiger partial charge in [0.2, 0.25) is 5.43 Å². The maximum absolute atomic E-state index is 13.6. The molecule has 1 aliphatic rings. The summed E-state index contributed by atoms with van der Waals surface area (Å²) in [5.74, 6) is 0.0964. The van der Waals surface area contributed by atoms with Crippen LogP contribution in [-0.2, 0) is 6.54 Å². The lowest BCUT2D eigenvalue weighted by Crippen LogP contribution is -2.52. The molecule has 1 fully saturated rings. The van der Waals surface area contributed by atoms with Gasteiger partial charge in [-0.2, -0.15) is 0 Å². The minimum atomic E-state index is -0.282. The van der Waals surface area contributed by atoms with Gasteiger partial charge in [0.15, 0.2) is 5.75 Å². The Balaban J connectivity index is 1.57. The Labute approximate surface area is 212 Å². The van der Waals surface area contributed by atoms with Gasteiger partial charge in [0, 0.05) is 37.8 Å². The SMILES string of the molecule is COc1cc(C(C)C)ccc(CN2CCN(C(c3ccc(F)cc3)c3ccc(F)cc3)CC2C)c1=O. The van der Waals surface area contributed by atoms with Crippen molar-refractivity contribution in [3.05, 3.63) is 111 Å². The van der Waals surface area contributed by atoms with Crippen LogP contribution in [0.2, 0.25) is 0 Å². The van der Waals surface area contributed by atoms with Gasteiger partial charge >= 0.3 is 0 Å². The smallest absolute Gasteiger partial charge is 0.224 e. The number of rotatable bonds is 7. The molecule has 0 N–H and O–H groups in total. The summed E-state index contributed by atoms with van der Waals surface area (Å²) in [4.78, 5) is 17.8. The normalized spacial score (nSPS) is 17.1. The Hall–Kier alpha value is -3.09. The largest absolute Gasteiger partial charge is 0.493 e. The van der Waals surface area contributed by atoms with Crippen molar-refractivity contribution in [3.63, 3.8) is 0 Å². The topological polar surface area (TPSA) is 32.8 Å². The average Bonchev–Trinajstić information content (AvgIpc) is 3.02. The molecule has 1 saturated heterocycles. The van der Waals surface area contributed by atoms with Crippen molar-refractivity contribution >= 4 is 0 Å². The van der Waals surface area contributed by atoms with Crippen LogP contribution in [0.1, 0.15) is 55.0 Å². The second-order valence-corrected chi connectivity index (χ2v) is 9.88. The van der Waals surface area contributed by atoms with Crippen LogP contribution < -0.4 is 10.2 Å². The van der Waals surface area contributed by atoms with E-state index in [-0.39, 0.29) is 35.1 Å². The van der Waals surface area contributed by atoms with E-state index >= 15 is 0 Å². The van der Waals surface area contributed by atoms with E-state index in [0.717, 1.165) is 36.3 Å². The minimum Gasteiger partial charge on any atom is -0.493 e. The molecule has 1 atom stereocenters. The molecule has 0 amide bonds. The summed E-state index contributed by atoms with van der Waals surface area (Å²) in [7, 11) is 1.54. The number of hydrogen-bond acceptors (Lipinski definition) is 4. The monoisotopic (exact) mass is 492 g/mol. The van der Waals surface area contributed by atoms with E-state index in [1.807, 2.05) is 18.2 Å². The molecule has 36 heavy (non-hydrogen) atoms. The van der Waals surface area contributed by atoms with Gasteiger partial charge in [-0.15, -0.1) is 0 Å². The lowest BCUT2D eigenvalue weighted by atomic mass is 9.95. The summed E-state index contributed by atoms with van der Waals surface area (Å²) < 4.78 is 32.7. The molecule has 1 unspecified atom stereocenters. The van der Waals surface area contributed by atoms with E-state index in [1.165, 1.54) is 31.4 Å². The molecule has 0 saturated carbocycles. The van der Waals surface area contributed by atoms with Crippen LogP contribution in [0.4, 0.5) is 8.78 Å². The Bertz CT molecular complexity index is 1180. The second-order valence-electron chi connectivity index (χ2n) is 9.88. The number of benzene rings is 2. The van der Waals surface area contributed by atoms with Gasteiger partial charge in [-0.25, -0.2) is 8.78 Å². The molecule has 1 aliphatic heterocycles. The predicted octanol–water partition coefficient (Wildman–Crippen LogP) is 5.75. The van der Waals surface area contributed by atoms with Crippen molar-refractivity contribution < 1.29 is 13.5 Å². The van der Waals surface area contributed by atoms with Crippen LogP contribution in [0.5, 0.6) is 5.75 Å². The fourth-order valence-electron chi connectivity index (χ4n) is 4.95. The molecule has 0 aromatic heterocycles. The van der Waals surface area contributed by atoms with Crippen molar-refractivity contribution in [2.75, 3.05) is 26.7 Å². The molecule has 3 aromatic carbocycles. The van der Waals surface area contributed by atoms with Gasteiger partial charge in [-0.05, 0) is 59.9 Å². The number of hydrogen-bond donors (Lipinski definition) is 0. The van der Waals surface area contributed by atoms with Gasteiger partial charge in [0.1, 0.15) is 11.6 Å². The van der Waals surface area contributed by atoms with Crippen LogP contribution in [-0.4, -0.2) is 42.6 Å². The summed E-state index contributed by atoms with van der Waals surface area (Å²) >= 11 is 0. The minimum absolute atomic E-state index is 0.0745. The fraction of sp³-hybridized carbons (Fsp3) is 0.367. The first-order chi connectivity index (χ1) is 17.3. The zero-order valence-electron chi connectivity index (χ0n) is 21.4. The number of ether oxygens (including phenoxy) is 1. The molecule has 0 aliphatic carbocycles. The molecule has 190 valence electrons. The zero-order valence-corrected chi connectivity index (χ0v) is 21.4. The third-order valence-corrected chi connectivity index (χ3v) is 7.08. The Morgan fingerprint density at radius 2 is 1.44 bits per heavy atom. The summed E-state index contributed by atoms with van der Waals surface area (Å²) in [6, 6.07) is 18.9. The van der Waals surface area contributed by atoms with Gasteiger partial charge in [0.25, 0.3) is 0 Å². The molecule has 1 heterocycles. The summed E-state index contributed by atoms with van der Waals surface area (Å²) in [6.45, 7) is 9.15. The Morgan fingerprint density at radius 1 is 0.889 bits per heavy atom. The number of methoxy groups -OCH3 is 1. The number of nitrogens with zero attached hydrogens (tertiary/aromatic N) is 2. The van der Waals surface area contributed by atoms with Crippen LogP contribution in [0, 0.1) is 11.6 Å². The summed E-state index contributed by atoms with van der Waals surface area (Å²) in [6.07, 6.45) is 0. The van der Waals surface area contributed by atoms with Crippen LogP contribution in [0.3, 0.4) is 0 Å². The molecule has 0 spiro atoms. The summed E-state index contributed by atoms with van der Waals surface area (Å²) in [5, 5.41) is 0. The highest BCUT2D eigenvalue weighted by Gasteiger charge is 2.30. The van der Waals surface area contributed by atoms with Crippen molar-refractivity contribution in [1.82, 2.24) is 9.80 Å². The standard InChI is InChI=1S/C30H34F2N2O2/c1-20(2)24-5-6-25(30(35)28(17-24)36-4)19-33-15-16-34(18-21(33)3)29(22-7-11-26(31)12-8-22)23-9-13-27(32)14-10-23/h5-14,17,20-21,29H,15-16,18-19H2,1-4H3. The first-order valence-electron chi connectivity index (χ1n) is 12.5. The molecule has 3 aromatic rings. The van der Waals surface area contributed by atoms with Gasteiger partial charge in [-0.1, -0.05) is 50.2 Å². The number of halogens is 2. The van der Waals surface area contributed by atoms with E-state index in [0.29, 0.717) is 17.9 Å². The molecule has 4 rings (SSSR count). The first kappa shape index (κ1) is 26.0. The van der Waals surface area contributed by atoms with Crippen LogP contribution >= 0.6 is 0 Å². The zero-order chi connectivity index (χ0) is 25.8. The maximum atomic E-state index is 13.6. The van der Waals surface area contributed by atoms with E-state index in [4.69, 9.17) is 4.74 Å². The molecule has 0 bridgehead atoms. The van der Waals surface area contributed by atoms with E-state index in [9.17, 15) is 13.6 Å². The molecule has 6 heteroatoms. The highest BCUT2D eigenvalue weighted by molar-refractivity contribution is 5.34. The Morgan fingerprint density at radius 3 is 1.94 bits per heavy atom. The second kappa shape index (κ2) is 11.3. The third kappa shape index (κ3) is 5.82. The lowest BCUT2D eigenvalue weighted by molar-refractivity contribution is 0.0598. The fourth-order valence-corrected chi connectivity index (χ4v) is 4.95. The number of piperazine rings is 1. The third-order valence-electron chi connectivity index (χ3n) is 7.08. The predicted molar refractivity (Wildman–Crippen MR) is 139 cm³/mol. The van der Waals surface area contributed by atoms with E-state index in [1.54, 1.807) is 24.3 Å².